The van der Waals surface area contributed by atoms with E-state index in [4.69, 9.17) is 9.47 Å². The molecule has 0 aliphatic carbocycles. The van der Waals surface area contributed by atoms with Gasteiger partial charge in [0, 0.05) is 54.7 Å². The zero-order valence-corrected chi connectivity index (χ0v) is 19.0. The van der Waals surface area contributed by atoms with Crippen molar-refractivity contribution in [2.24, 2.45) is 0 Å². The van der Waals surface area contributed by atoms with E-state index in [-0.39, 0.29) is 29.1 Å². The summed E-state index contributed by atoms with van der Waals surface area (Å²) in [6.07, 6.45) is 1.66. The molecule has 2 aliphatic rings. The molecule has 11 heteroatoms. The van der Waals surface area contributed by atoms with Crippen molar-refractivity contribution in [1.82, 2.24) is 19.5 Å². The van der Waals surface area contributed by atoms with Crippen LogP contribution in [0.5, 0.6) is 5.75 Å². The Balaban J connectivity index is 1.41. The van der Waals surface area contributed by atoms with Crippen LogP contribution in [-0.4, -0.2) is 52.4 Å². The van der Waals surface area contributed by atoms with E-state index in [1.54, 1.807) is 41.2 Å². The highest BCUT2D eigenvalue weighted by atomic mass is 19.3. The van der Waals surface area contributed by atoms with Crippen LogP contribution in [0.4, 0.5) is 23.5 Å². The summed E-state index contributed by atoms with van der Waals surface area (Å²) in [4.78, 5) is 15.1. The summed E-state index contributed by atoms with van der Waals surface area (Å²) in [5.74, 6) is 0.0753. The third-order valence-corrected chi connectivity index (χ3v) is 6.56. The van der Waals surface area contributed by atoms with Crippen molar-refractivity contribution in [2.75, 3.05) is 31.2 Å². The first-order valence-electron chi connectivity index (χ1n) is 11.5. The molecular formula is C25H21F4N5O2. The summed E-state index contributed by atoms with van der Waals surface area (Å²) in [5, 5.41) is 0. The average molecular weight is 499 g/mol. The lowest BCUT2D eigenvalue weighted by Crippen LogP contribution is -2.37. The number of hydrogen-bond acceptors (Lipinski definition) is 6. The number of anilines is 1. The van der Waals surface area contributed by atoms with Crippen LogP contribution in [0.1, 0.15) is 30.0 Å². The Morgan fingerprint density at radius 1 is 1.06 bits per heavy atom. The summed E-state index contributed by atoms with van der Waals surface area (Å²) in [7, 11) is 0. The van der Waals surface area contributed by atoms with E-state index in [1.807, 2.05) is 4.90 Å². The van der Waals surface area contributed by atoms with Crippen molar-refractivity contribution in [3.8, 4) is 16.9 Å². The van der Waals surface area contributed by atoms with Crippen LogP contribution < -0.4 is 9.64 Å². The molecule has 0 amide bonds. The average Bonchev–Trinajstić information content (AvgIpc) is 3.41. The predicted molar refractivity (Wildman–Crippen MR) is 123 cm³/mol. The van der Waals surface area contributed by atoms with Gasteiger partial charge in [-0.1, -0.05) is 18.2 Å². The third kappa shape index (κ3) is 3.93. The van der Waals surface area contributed by atoms with Gasteiger partial charge in [0.1, 0.15) is 17.4 Å². The number of para-hydroxylation sites is 1. The topological polar surface area (TPSA) is 65.3 Å². The fourth-order valence-corrected chi connectivity index (χ4v) is 4.92. The first kappa shape index (κ1) is 22.7. The van der Waals surface area contributed by atoms with Crippen LogP contribution in [0.25, 0.3) is 22.2 Å². The summed E-state index contributed by atoms with van der Waals surface area (Å²) in [6.45, 7) is -0.502. The van der Waals surface area contributed by atoms with E-state index in [0.717, 1.165) is 0 Å². The van der Waals surface area contributed by atoms with Crippen LogP contribution in [-0.2, 0) is 4.74 Å². The highest BCUT2D eigenvalue weighted by molar-refractivity contribution is 5.83. The molecule has 0 spiro atoms. The first-order chi connectivity index (χ1) is 17.5. The second kappa shape index (κ2) is 9.05. The minimum atomic E-state index is -3.02. The number of aromatic nitrogens is 4. The number of nitrogens with zero attached hydrogens (tertiary/aromatic N) is 5. The maximum Gasteiger partial charge on any atom is 0.387 e. The molecule has 2 aliphatic heterocycles. The number of fused-ring (bicyclic) bond motifs is 3. The summed E-state index contributed by atoms with van der Waals surface area (Å²) in [5.41, 5.74) is 1.85. The molecule has 1 saturated heterocycles. The Labute approximate surface area is 203 Å². The number of ether oxygens (including phenoxy) is 2. The van der Waals surface area contributed by atoms with Gasteiger partial charge in [0.05, 0.1) is 30.3 Å². The molecular weight excluding hydrogens is 478 g/mol. The molecule has 0 unspecified atom stereocenters. The number of rotatable bonds is 5. The van der Waals surface area contributed by atoms with Gasteiger partial charge in [0.2, 0.25) is 5.95 Å². The summed E-state index contributed by atoms with van der Waals surface area (Å²) >= 11 is 0. The smallest absolute Gasteiger partial charge is 0.387 e. The van der Waals surface area contributed by atoms with Gasteiger partial charge in [-0.05, 0) is 12.1 Å². The number of imidazole rings is 1. The van der Waals surface area contributed by atoms with Crippen LogP contribution in [0.2, 0.25) is 0 Å². The predicted octanol–water partition coefficient (Wildman–Crippen LogP) is 5.07. The molecule has 2 aromatic carbocycles. The Kier molecular flexibility index (Phi) is 5.71. The molecule has 186 valence electrons. The van der Waals surface area contributed by atoms with Crippen molar-refractivity contribution in [3.05, 3.63) is 66.0 Å². The van der Waals surface area contributed by atoms with Crippen molar-refractivity contribution in [3.63, 3.8) is 0 Å². The standard InChI is InChI=1S/C25H21F4N5O2/c26-17-10-19-21(9-16(17)14-12-30-25(31-13-14)33-5-7-35-8-6-33)34-20(11-18(27)23(34)32-19)15-3-1-2-4-22(15)36-24(28)29/h1-4,9-10,12-13,18,20,24H,5-8,11H2/t18-,20-/m1/s1. The number of hydrogen-bond donors (Lipinski definition) is 0. The molecule has 1 fully saturated rings. The lowest BCUT2D eigenvalue weighted by molar-refractivity contribution is -0.0507. The molecule has 2 aromatic heterocycles. The minimum absolute atomic E-state index is 0.00590. The molecule has 36 heavy (non-hydrogen) atoms. The van der Waals surface area contributed by atoms with Crippen molar-refractivity contribution >= 4 is 17.0 Å². The molecule has 0 N–H and O–H groups in total. The Morgan fingerprint density at radius 3 is 2.56 bits per heavy atom. The molecule has 4 aromatic rings. The Bertz CT molecular complexity index is 1410. The molecule has 2 atom stereocenters. The van der Waals surface area contributed by atoms with E-state index in [2.05, 4.69) is 15.0 Å². The first-order valence-corrected chi connectivity index (χ1v) is 11.5. The van der Waals surface area contributed by atoms with Crippen LogP contribution in [0.15, 0.2) is 48.8 Å². The van der Waals surface area contributed by atoms with Crippen molar-refractivity contribution < 1.29 is 27.0 Å². The van der Waals surface area contributed by atoms with E-state index in [1.165, 1.54) is 12.1 Å². The van der Waals surface area contributed by atoms with Crippen LogP contribution >= 0.6 is 0 Å². The van der Waals surface area contributed by atoms with Gasteiger partial charge in [0.25, 0.3) is 0 Å². The third-order valence-electron chi connectivity index (χ3n) is 6.56. The zero-order valence-electron chi connectivity index (χ0n) is 19.0. The van der Waals surface area contributed by atoms with Crippen molar-refractivity contribution in [1.29, 1.82) is 0 Å². The summed E-state index contributed by atoms with van der Waals surface area (Å²) < 4.78 is 67.8. The van der Waals surface area contributed by atoms with Gasteiger partial charge in [-0.2, -0.15) is 8.78 Å². The van der Waals surface area contributed by atoms with Crippen LogP contribution in [0, 0.1) is 5.82 Å². The second-order valence-corrected chi connectivity index (χ2v) is 8.67. The van der Waals surface area contributed by atoms with Crippen LogP contribution in [0.3, 0.4) is 0 Å². The number of morpholine rings is 1. The summed E-state index contributed by atoms with van der Waals surface area (Å²) in [6, 6.07) is 8.48. The molecule has 4 heterocycles. The number of alkyl halides is 3. The SMILES string of the molecule is Fc1cc2nc3n(c2cc1-c1cnc(N2CCOCC2)nc1)[C@@H](c1ccccc1OC(F)F)C[C@H]3F. The Morgan fingerprint density at radius 2 is 1.81 bits per heavy atom. The maximum absolute atomic E-state index is 15.1. The van der Waals surface area contributed by atoms with Gasteiger partial charge >= 0.3 is 6.61 Å². The quantitative estimate of drug-likeness (QED) is 0.357. The molecule has 0 radical (unpaired) electrons. The van der Waals surface area contributed by atoms with E-state index in [0.29, 0.717) is 48.9 Å². The maximum atomic E-state index is 15.1. The lowest BCUT2D eigenvalue weighted by atomic mass is 10.0. The van der Waals surface area contributed by atoms with Gasteiger partial charge < -0.3 is 18.9 Å². The lowest BCUT2D eigenvalue weighted by Gasteiger charge is -2.26. The fourth-order valence-electron chi connectivity index (χ4n) is 4.92. The van der Waals surface area contributed by atoms with E-state index < -0.39 is 24.6 Å². The zero-order chi connectivity index (χ0) is 24.8. The highest BCUT2D eigenvalue weighted by Gasteiger charge is 2.37. The highest BCUT2D eigenvalue weighted by Crippen LogP contribution is 2.46. The number of benzene rings is 2. The fraction of sp³-hybridized carbons (Fsp3) is 0.320. The number of halogens is 4. The second-order valence-electron chi connectivity index (χ2n) is 8.67. The molecule has 0 saturated carbocycles. The van der Waals surface area contributed by atoms with Crippen molar-refractivity contribution in [2.45, 2.75) is 25.2 Å². The van der Waals surface area contributed by atoms with Gasteiger partial charge in [-0.3, -0.25) is 0 Å². The monoisotopic (exact) mass is 499 g/mol. The largest absolute Gasteiger partial charge is 0.434 e. The molecule has 7 nitrogen and oxygen atoms in total. The van der Waals surface area contributed by atoms with E-state index >= 15 is 8.78 Å². The molecule has 6 rings (SSSR count). The van der Waals surface area contributed by atoms with E-state index in [9.17, 15) is 8.78 Å². The Hall–Kier alpha value is -3.73. The van der Waals surface area contributed by atoms with Gasteiger partial charge in [0.15, 0.2) is 6.17 Å². The van der Waals surface area contributed by atoms with Gasteiger partial charge in [-0.15, -0.1) is 0 Å². The van der Waals surface area contributed by atoms with Gasteiger partial charge in [-0.25, -0.2) is 23.7 Å². The normalized spacial score (nSPS) is 19.8. The molecule has 0 bridgehead atoms. The minimum Gasteiger partial charge on any atom is -0.434 e.